The van der Waals surface area contributed by atoms with Gasteiger partial charge in [-0.1, -0.05) is 11.6 Å². The Morgan fingerprint density at radius 2 is 2.44 bits per heavy atom. The van der Waals surface area contributed by atoms with Crippen LogP contribution in [0.15, 0.2) is 6.20 Å². The summed E-state index contributed by atoms with van der Waals surface area (Å²) in [7, 11) is 0. The molecule has 1 aromatic rings. The normalized spacial score (nSPS) is 17.4. The Morgan fingerprint density at radius 1 is 1.67 bits per heavy atom. The first-order valence-electron chi connectivity index (χ1n) is 6.04. The van der Waals surface area contributed by atoms with Crippen molar-refractivity contribution in [1.29, 1.82) is 0 Å². The molecule has 1 aliphatic rings. The van der Waals surface area contributed by atoms with Gasteiger partial charge in [0.25, 0.3) is 0 Å². The smallest absolute Gasteiger partial charge is 0.358 e. The highest BCUT2D eigenvalue weighted by molar-refractivity contribution is 8.00. The standard InChI is InChI=1S/C11H18N4O2S/c1-18-11(3-2-4-11)8-12-5-6-15-7-9(10(16)17)13-14-15/h7,12H,2-6,8H2,1H3,(H,16,17). The molecule has 0 radical (unpaired) electrons. The van der Waals surface area contributed by atoms with Gasteiger partial charge in [0.15, 0.2) is 5.69 Å². The van der Waals surface area contributed by atoms with Crippen molar-refractivity contribution in [3.63, 3.8) is 0 Å². The Hall–Kier alpha value is -1.08. The van der Waals surface area contributed by atoms with E-state index in [-0.39, 0.29) is 5.69 Å². The average Bonchev–Trinajstić information content (AvgIpc) is 2.76. The van der Waals surface area contributed by atoms with Gasteiger partial charge < -0.3 is 10.4 Å². The lowest BCUT2D eigenvalue weighted by Crippen LogP contribution is -2.44. The van der Waals surface area contributed by atoms with Gasteiger partial charge in [-0.05, 0) is 19.1 Å². The van der Waals surface area contributed by atoms with Crippen LogP contribution in [0.2, 0.25) is 0 Å². The third kappa shape index (κ3) is 3.02. The molecule has 0 saturated heterocycles. The number of hydrogen-bond acceptors (Lipinski definition) is 5. The fraction of sp³-hybridized carbons (Fsp3) is 0.727. The van der Waals surface area contributed by atoms with Crippen LogP contribution in [0, 0.1) is 0 Å². The van der Waals surface area contributed by atoms with Crippen LogP contribution in [-0.4, -0.2) is 50.2 Å². The van der Waals surface area contributed by atoms with Gasteiger partial charge in [0, 0.05) is 17.8 Å². The first-order valence-corrected chi connectivity index (χ1v) is 7.27. The molecule has 1 aliphatic carbocycles. The van der Waals surface area contributed by atoms with E-state index in [0.29, 0.717) is 11.3 Å². The third-order valence-electron chi connectivity index (χ3n) is 3.42. The number of aromatic nitrogens is 3. The van der Waals surface area contributed by atoms with Crippen LogP contribution in [0.5, 0.6) is 0 Å². The number of carbonyl (C=O) groups is 1. The molecule has 6 nitrogen and oxygen atoms in total. The van der Waals surface area contributed by atoms with Gasteiger partial charge in [0.2, 0.25) is 0 Å². The second-order valence-electron chi connectivity index (χ2n) is 4.59. The lowest BCUT2D eigenvalue weighted by Gasteiger charge is -2.40. The van der Waals surface area contributed by atoms with E-state index in [1.807, 2.05) is 11.8 Å². The van der Waals surface area contributed by atoms with Crippen molar-refractivity contribution in [2.24, 2.45) is 0 Å². The van der Waals surface area contributed by atoms with E-state index in [1.165, 1.54) is 25.5 Å². The highest BCUT2D eigenvalue weighted by atomic mass is 32.2. The maximum Gasteiger partial charge on any atom is 0.358 e. The maximum absolute atomic E-state index is 10.6. The fourth-order valence-electron chi connectivity index (χ4n) is 2.04. The number of rotatable bonds is 7. The first-order chi connectivity index (χ1) is 8.65. The van der Waals surface area contributed by atoms with Gasteiger partial charge in [-0.2, -0.15) is 11.8 Å². The molecular formula is C11H18N4O2S. The predicted octanol–water partition coefficient (Wildman–Crippen LogP) is 0.852. The molecule has 1 fully saturated rings. The van der Waals surface area contributed by atoms with Gasteiger partial charge in [0.05, 0.1) is 12.7 Å². The molecule has 1 aromatic heterocycles. The molecule has 0 aliphatic heterocycles. The van der Waals surface area contributed by atoms with Crippen molar-refractivity contribution in [2.45, 2.75) is 30.6 Å². The number of carboxylic acid groups (broad SMARTS) is 1. The minimum atomic E-state index is -1.04. The van der Waals surface area contributed by atoms with E-state index in [9.17, 15) is 4.79 Å². The molecule has 0 spiro atoms. The van der Waals surface area contributed by atoms with E-state index < -0.39 is 5.97 Å². The Morgan fingerprint density at radius 3 is 2.94 bits per heavy atom. The lowest BCUT2D eigenvalue weighted by atomic mass is 9.84. The van der Waals surface area contributed by atoms with Gasteiger partial charge in [-0.15, -0.1) is 5.10 Å². The highest BCUT2D eigenvalue weighted by Crippen LogP contribution is 2.41. The molecule has 0 unspecified atom stereocenters. The summed E-state index contributed by atoms with van der Waals surface area (Å²) in [6.07, 6.45) is 7.52. The number of nitrogens with zero attached hydrogens (tertiary/aromatic N) is 3. The van der Waals surface area contributed by atoms with Gasteiger partial charge >= 0.3 is 5.97 Å². The molecule has 7 heteroatoms. The van der Waals surface area contributed by atoms with E-state index in [4.69, 9.17) is 5.11 Å². The van der Waals surface area contributed by atoms with E-state index in [0.717, 1.165) is 13.1 Å². The molecule has 0 atom stereocenters. The van der Waals surface area contributed by atoms with Crippen molar-refractivity contribution in [3.05, 3.63) is 11.9 Å². The molecule has 2 rings (SSSR count). The van der Waals surface area contributed by atoms with Gasteiger partial charge in [-0.3, -0.25) is 4.68 Å². The second kappa shape index (κ2) is 5.71. The minimum Gasteiger partial charge on any atom is -0.476 e. The second-order valence-corrected chi connectivity index (χ2v) is 5.86. The Kier molecular flexibility index (Phi) is 4.23. The Bertz CT molecular complexity index is 411. The maximum atomic E-state index is 10.6. The zero-order valence-electron chi connectivity index (χ0n) is 10.4. The van der Waals surface area contributed by atoms with E-state index >= 15 is 0 Å². The van der Waals surface area contributed by atoms with Crippen molar-refractivity contribution in [1.82, 2.24) is 20.3 Å². The summed E-state index contributed by atoms with van der Waals surface area (Å²) in [6.45, 7) is 2.43. The molecule has 2 N–H and O–H groups in total. The molecule has 100 valence electrons. The van der Waals surface area contributed by atoms with Crippen LogP contribution in [0.4, 0.5) is 0 Å². The van der Waals surface area contributed by atoms with Crippen LogP contribution in [-0.2, 0) is 6.54 Å². The molecule has 1 saturated carbocycles. The predicted molar refractivity (Wildman–Crippen MR) is 69.9 cm³/mol. The number of hydrogen-bond donors (Lipinski definition) is 2. The number of aromatic carboxylic acids is 1. The van der Waals surface area contributed by atoms with Crippen molar-refractivity contribution >= 4 is 17.7 Å². The lowest BCUT2D eigenvalue weighted by molar-refractivity contribution is 0.0690. The zero-order valence-corrected chi connectivity index (χ0v) is 11.2. The first kappa shape index (κ1) is 13.4. The average molecular weight is 270 g/mol. The topological polar surface area (TPSA) is 80.0 Å². The van der Waals surface area contributed by atoms with Crippen LogP contribution >= 0.6 is 11.8 Å². The number of nitrogens with one attached hydrogen (secondary N) is 1. The van der Waals surface area contributed by atoms with Crippen molar-refractivity contribution in [2.75, 3.05) is 19.3 Å². The summed E-state index contributed by atoms with van der Waals surface area (Å²) >= 11 is 1.94. The highest BCUT2D eigenvalue weighted by Gasteiger charge is 2.35. The van der Waals surface area contributed by atoms with Crippen molar-refractivity contribution in [3.8, 4) is 0 Å². The van der Waals surface area contributed by atoms with Crippen molar-refractivity contribution < 1.29 is 9.90 Å². The fourth-order valence-corrected chi connectivity index (χ4v) is 2.98. The van der Waals surface area contributed by atoms with Gasteiger partial charge in [-0.25, -0.2) is 4.79 Å². The molecule has 0 aromatic carbocycles. The summed E-state index contributed by atoms with van der Waals surface area (Å²) in [6, 6.07) is 0. The van der Waals surface area contributed by atoms with Gasteiger partial charge in [0.1, 0.15) is 0 Å². The quantitative estimate of drug-likeness (QED) is 0.715. The monoisotopic (exact) mass is 270 g/mol. The largest absolute Gasteiger partial charge is 0.476 e. The third-order valence-corrected chi connectivity index (χ3v) is 4.84. The molecule has 0 bridgehead atoms. The molecule has 0 amide bonds. The number of thioether (sulfide) groups is 1. The molecule has 18 heavy (non-hydrogen) atoms. The minimum absolute atomic E-state index is 0.00502. The summed E-state index contributed by atoms with van der Waals surface area (Å²) in [5.74, 6) is -1.04. The van der Waals surface area contributed by atoms with Crippen LogP contribution in [0.25, 0.3) is 0 Å². The zero-order chi connectivity index (χ0) is 13.0. The summed E-state index contributed by atoms with van der Waals surface area (Å²) in [5, 5.41) is 19.5. The molecule has 1 heterocycles. The number of carboxylic acids is 1. The van der Waals surface area contributed by atoms with Crippen LogP contribution in [0.1, 0.15) is 29.8 Å². The summed E-state index contributed by atoms with van der Waals surface area (Å²) in [4.78, 5) is 10.6. The van der Waals surface area contributed by atoms with Crippen LogP contribution in [0.3, 0.4) is 0 Å². The summed E-state index contributed by atoms with van der Waals surface area (Å²) < 4.78 is 1.98. The van der Waals surface area contributed by atoms with E-state index in [2.05, 4.69) is 21.9 Å². The van der Waals surface area contributed by atoms with Crippen LogP contribution < -0.4 is 5.32 Å². The Balaban J connectivity index is 1.70. The SMILES string of the molecule is CSC1(CNCCn2cc(C(=O)O)nn2)CCC1. The summed E-state index contributed by atoms with van der Waals surface area (Å²) in [5.41, 5.74) is -0.00502. The molecular weight excluding hydrogens is 252 g/mol. The van der Waals surface area contributed by atoms with E-state index in [1.54, 1.807) is 4.68 Å². The Labute approximate surface area is 110 Å².